The number of imidazole rings is 1. The fourth-order valence-corrected chi connectivity index (χ4v) is 10.6. The third-order valence-electron chi connectivity index (χ3n) is 9.76. The molecule has 55 heavy (non-hydrogen) atoms. The van der Waals surface area contributed by atoms with Gasteiger partial charge in [0.15, 0.2) is 0 Å². The molecule has 0 amide bonds. The molecule has 0 unspecified atom stereocenters. The van der Waals surface area contributed by atoms with Crippen LogP contribution in [0.1, 0.15) is 19.4 Å². The first-order valence-electron chi connectivity index (χ1n) is 18.7. The number of hydrogen-bond acceptors (Lipinski definition) is 3. The summed E-state index contributed by atoms with van der Waals surface area (Å²) >= 11 is -1.86. The maximum Gasteiger partial charge on any atom is 0.120 e. The van der Waals surface area contributed by atoms with Crippen LogP contribution in [-0.4, -0.2) is 27.8 Å². The summed E-state index contributed by atoms with van der Waals surface area (Å²) in [4.78, 5) is 9.79. The normalized spacial score (nSPS) is 11.5. The fourth-order valence-electron chi connectivity index (χ4n) is 7.31. The second kappa shape index (κ2) is 16.3. The molecule has 0 saturated carbocycles. The number of nitrogens with zero attached hydrogens (tertiary/aromatic N) is 3. The second-order valence-corrected chi connectivity index (χ2v) is 25.8. The van der Waals surface area contributed by atoms with E-state index in [4.69, 9.17) is 14.4 Å². The molecule has 0 aliphatic heterocycles. The largest absolute Gasteiger partial charge is 0.501 e. The number of fused-ring (bicyclic) bond motifs is 4. The van der Waals surface area contributed by atoms with E-state index in [2.05, 4.69) is 145 Å². The third kappa shape index (κ3) is 7.88. The molecule has 1 radical (unpaired) electrons. The zero-order chi connectivity index (χ0) is 37.2. The van der Waals surface area contributed by atoms with Crippen LogP contribution < -0.4 is 4.40 Å². The fraction of sp³-hybridized carbons (Fsp3) is 0.143. The van der Waals surface area contributed by atoms with Crippen molar-refractivity contribution < 1.29 is 24.5 Å². The summed E-state index contributed by atoms with van der Waals surface area (Å²) in [6.45, 7) is 4.57. The minimum atomic E-state index is -1.86. The molecule has 9 aromatic rings. The van der Waals surface area contributed by atoms with Crippen LogP contribution in [0.15, 0.2) is 156 Å². The van der Waals surface area contributed by atoms with Crippen molar-refractivity contribution in [3.63, 3.8) is 0 Å². The number of hydrogen-bond donors (Lipinski definition) is 0. The van der Waals surface area contributed by atoms with Gasteiger partial charge in [0.1, 0.15) is 5.58 Å². The van der Waals surface area contributed by atoms with E-state index in [0.29, 0.717) is 5.92 Å². The Balaban J connectivity index is 0.000000191. The van der Waals surface area contributed by atoms with Gasteiger partial charge in [-0.05, 0) is 29.8 Å². The van der Waals surface area contributed by atoms with Crippen LogP contribution in [0.25, 0.3) is 72.4 Å². The van der Waals surface area contributed by atoms with Crippen molar-refractivity contribution in [3.8, 4) is 39.5 Å². The molecule has 0 N–H and O–H groups in total. The molecule has 4 nitrogen and oxygen atoms in total. The predicted octanol–water partition coefficient (Wildman–Crippen LogP) is 12.3. The van der Waals surface area contributed by atoms with E-state index in [1.165, 1.54) is 5.56 Å². The minimum Gasteiger partial charge on any atom is -0.501 e. The summed E-state index contributed by atoms with van der Waals surface area (Å²) in [5.41, 5.74) is 11.5. The summed E-state index contributed by atoms with van der Waals surface area (Å²) in [7, 11) is 0. The van der Waals surface area contributed by atoms with Crippen molar-refractivity contribution in [2.75, 3.05) is 0 Å². The number of aromatic nitrogens is 3. The van der Waals surface area contributed by atoms with Gasteiger partial charge < -0.3 is 8.98 Å². The predicted molar refractivity (Wildman–Crippen MR) is 228 cm³/mol. The SMILES string of the molecule is CC(C)Cc1cc(-c2[c-]cccc2)nc[c]1[Ge]([CH3])([CH3])[CH3].[Ir].[c-]1ccc2c(oc3ccccc32)c1-c1nc2ccccc2n1-c1ccccc1-c1ccccc1. The smallest absolute Gasteiger partial charge is 0.120 e. The van der Waals surface area contributed by atoms with E-state index in [9.17, 15) is 0 Å². The monoisotopic (exact) mass is 956 g/mol. The van der Waals surface area contributed by atoms with E-state index >= 15 is 0 Å². The first-order valence-corrected chi connectivity index (χ1v) is 26.0. The van der Waals surface area contributed by atoms with Gasteiger partial charge in [-0.3, -0.25) is 4.98 Å². The van der Waals surface area contributed by atoms with Crippen molar-refractivity contribution in [2.24, 2.45) is 5.92 Å². The van der Waals surface area contributed by atoms with Crippen LogP contribution in [0.4, 0.5) is 0 Å². The summed E-state index contributed by atoms with van der Waals surface area (Å²) in [5, 5.41) is 2.17. The molecule has 0 fully saturated rings. The average Bonchev–Trinajstić information content (AvgIpc) is 3.77. The van der Waals surface area contributed by atoms with E-state index in [1.807, 2.05) is 54.6 Å². The number of furan rings is 1. The first kappa shape index (κ1) is 38.2. The molecule has 3 heterocycles. The van der Waals surface area contributed by atoms with Crippen molar-refractivity contribution in [3.05, 3.63) is 169 Å². The van der Waals surface area contributed by atoms with Gasteiger partial charge >= 0.3 is 126 Å². The molecule has 6 heteroatoms. The summed E-state index contributed by atoms with van der Waals surface area (Å²) in [6.07, 6.45) is 3.27. The van der Waals surface area contributed by atoms with Gasteiger partial charge in [0.2, 0.25) is 0 Å². The molecule has 0 aliphatic rings. The molecule has 0 atom stereocenters. The van der Waals surface area contributed by atoms with Crippen molar-refractivity contribution >= 4 is 50.6 Å². The van der Waals surface area contributed by atoms with Gasteiger partial charge in [-0.2, -0.15) is 0 Å². The molecule has 3 aromatic heterocycles. The van der Waals surface area contributed by atoms with Crippen LogP contribution >= 0.6 is 0 Å². The Labute approximate surface area is 340 Å². The quantitative estimate of drug-likeness (QED) is 0.118. The number of benzene rings is 6. The average molecular weight is 955 g/mol. The molecule has 0 saturated heterocycles. The van der Waals surface area contributed by atoms with Crippen LogP contribution in [-0.2, 0) is 26.5 Å². The molecule has 9 rings (SSSR count). The Morgan fingerprint density at radius 3 is 2.24 bits per heavy atom. The van der Waals surface area contributed by atoms with Crippen molar-refractivity contribution in [2.45, 2.75) is 37.5 Å². The standard InChI is InChI=1S/C31H19N2O.C18H24GeN.Ir/c1-2-11-21(12-3-1)22-13-4-7-18-27(22)33-28-19-8-6-17-26(28)32-31(33)25-16-10-15-24-23-14-5-9-20-29(23)34-30(24)25;1-14(2)11-16-12-18(15-9-7-6-8-10-15)20-13-17(16)19(3,4)5;/h1-15,17-20H;6-9,12-14H,11H2,1-5H3;/q2*-1;. The molecular weight excluding hydrogens is 911 g/mol. The van der Waals surface area contributed by atoms with Crippen LogP contribution in [0.5, 0.6) is 0 Å². The summed E-state index contributed by atoms with van der Waals surface area (Å²) < 4.78 is 10.1. The van der Waals surface area contributed by atoms with Gasteiger partial charge in [0.25, 0.3) is 0 Å². The van der Waals surface area contributed by atoms with Crippen molar-refractivity contribution in [1.29, 1.82) is 0 Å². The number of rotatable bonds is 7. The Hall–Kier alpha value is -5.07. The maximum absolute atomic E-state index is 6.36. The zero-order valence-corrected chi connectivity index (χ0v) is 36.3. The molecule has 6 aromatic carbocycles. The first-order chi connectivity index (χ1) is 26.3. The third-order valence-corrected chi connectivity index (χ3v) is 14.1. The summed E-state index contributed by atoms with van der Waals surface area (Å²) in [5.74, 6) is 8.81. The Bertz CT molecular complexity index is 2710. The maximum atomic E-state index is 6.36. The number of pyridine rings is 1. The van der Waals surface area contributed by atoms with Crippen LogP contribution in [0.2, 0.25) is 17.3 Å². The summed E-state index contributed by atoms with van der Waals surface area (Å²) in [6, 6.07) is 56.5. The topological polar surface area (TPSA) is 43.9 Å². The molecule has 0 spiro atoms. The van der Waals surface area contributed by atoms with E-state index < -0.39 is 13.3 Å². The van der Waals surface area contributed by atoms with Crippen LogP contribution in [0.3, 0.4) is 0 Å². The van der Waals surface area contributed by atoms with Gasteiger partial charge in [0.05, 0.1) is 22.4 Å². The van der Waals surface area contributed by atoms with E-state index in [0.717, 1.165) is 78.9 Å². The molecule has 275 valence electrons. The number of para-hydroxylation sites is 4. The Kier molecular flexibility index (Phi) is 11.4. The van der Waals surface area contributed by atoms with Gasteiger partial charge in [0, 0.05) is 36.7 Å². The minimum absolute atomic E-state index is 0. The van der Waals surface area contributed by atoms with Crippen LogP contribution in [0, 0.1) is 18.1 Å². The zero-order valence-electron chi connectivity index (χ0n) is 31.8. The van der Waals surface area contributed by atoms with Gasteiger partial charge in [-0.25, -0.2) is 0 Å². The van der Waals surface area contributed by atoms with E-state index in [1.54, 1.807) is 4.40 Å². The van der Waals surface area contributed by atoms with Gasteiger partial charge in [-0.15, -0.1) is 18.2 Å². The van der Waals surface area contributed by atoms with Gasteiger partial charge in [-0.1, -0.05) is 89.8 Å². The molecule has 0 aliphatic carbocycles. The van der Waals surface area contributed by atoms with E-state index in [-0.39, 0.29) is 20.1 Å². The Morgan fingerprint density at radius 2 is 1.45 bits per heavy atom. The Morgan fingerprint density at radius 1 is 0.727 bits per heavy atom. The molecule has 0 bridgehead atoms. The van der Waals surface area contributed by atoms with Crippen molar-refractivity contribution in [1.82, 2.24) is 14.5 Å². The molecular formula is C49H43GeIrN3O-2. The second-order valence-electron chi connectivity index (χ2n) is 15.2.